The van der Waals surface area contributed by atoms with Gasteiger partial charge in [-0.15, -0.1) is 11.3 Å². The van der Waals surface area contributed by atoms with Gasteiger partial charge in [0.2, 0.25) is 5.91 Å². The predicted molar refractivity (Wildman–Crippen MR) is 132 cm³/mol. The van der Waals surface area contributed by atoms with Gasteiger partial charge in [0.05, 0.1) is 17.2 Å². The van der Waals surface area contributed by atoms with Crippen LogP contribution in [0.25, 0.3) is 21.2 Å². The Balaban J connectivity index is 1.56. The number of hydrogen-bond donors (Lipinski definition) is 1. The molecule has 3 heterocycles. The topological polar surface area (TPSA) is 82.6 Å². The monoisotopic (exact) mass is 496 g/mol. The van der Waals surface area contributed by atoms with E-state index in [9.17, 15) is 10.1 Å². The van der Waals surface area contributed by atoms with Gasteiger partial charge in [0, 0.05) is 53.4 Å². The number of ether oxygens (including phenoxy) is 1. The third kappa shape index (κ3) is 3.70. The molecule has 0 radical (unpaired) electrons. The number of anilines is 1. The maximum Gasteiger partial charge on any atom is 0.246 e. The van der Waals surface area contributed by atoms with E-state index in [0.717, 1.165) is 4.70 Å². The van der Waals surface area contributed by atoms with E-state index in [2.05, 4.69) is 17.5 Å². The average molecular weight is 497 g/mol. The molecule has 0 bridgehead atoms. The minimum absolute atomic E-state index is 0.0817. The number of carbonyl (C=O) groups excluding carboxylic acids is 1. The molecular formula is C25H22ClFN4O2S. The lowest BCUT2D eigenvalue weighted by Gasteiger charge is -2.42. The smallest absolute Gasteiger partial charge is 0.246 e. The largest absolute Gasteiger partial charge is 0.492 e. The number of nitriles is 1. The van der Waals surface area contributed by atoms with Crippen molar-refractivity contribution in [3.63, 3.8) is 0 Å². The summed E-state index contributed by atoms with van der Waals surface area (Å²) in [6, 6.07) is 9.13. The van der Waals surface area contributed by atoms with Gasteiger partial charge in [-0.3, -0.25) is 9.69 Å². The number of fused-ring (bicyclic) bond motifs is 3. The Morgan fingerprint density at radius 2 is 2.24 bits per heavy atom. The Bertz CT molecular complexity index is 1370. The van der Waals surface area contributed by atoms with Crippen molar-refractivity contribution in [2.45, 2.75) is 19.0 Å². The highest BCUT2D eigenvalue weighted by atomic mass is 35.5. The molecule has 174 valence electrons. The van der Waals surface area contributed by atoms with Crippen LogP contribution in [0.5, 0.6) is 5.75 Å². The van der Waals surface area contributed by atoms with Crippen LogP contribution in [-0.4, -0.2) is 48.0 Å². The van der Waals surface area contributed by atoms with E-state index in [1.807, 2.05) is 6.07 Å². The summed E-state index contributed by atoms with van der Waals surface area (Å²) in [5.74, 6) is -0.104. The van der Waals surface area contributed by atoms with E-state index in [-0.39, 0.29) is 22.5 Å². The summed E-state index contributed by atoms with van der Waals surface area (Å²) in [6.07, 6.45) is 2.04. The third-order valence-electron chi connectivity index (χ3n) is 6.54. The Morgan fingerprint density at radius 3 is 3.00 bits per heavy atom. The molecule has 2 aliphatic heterocycles. The summed E-state index contributed by atoms with van der Waals surface area (Å²) < 4.78 is 22.5. The summed E-state index contributed by atoms with van der Waals surface area (Å²) in [5.41, 5.74) is 7.76. The lowest BCUT2D eigenvalue weighted by molar-refractivity contribution is -0.129. The predicted octanol–water partition coefficient (Wildman–Crippen LogP) is 4.80. The summed E-state index contributed by atoms with van der Waals surface area (Å²) in [7, 11) is 0. The molecule has 2 N–H and O–H groups in total. The Kier molecular flexibility index (Phi) is 5.94. The zero-order chi connectivity index (χ0) is 24.0. The highest BCUT2D eigenvalue weighted by molar-refractivity contribution is 7.23. The normalized spacial score (nSPS) is 18.3. The van der Waals surface area contributed by atoms with E-state index < -0.39 is 5.82 Å². The first-order valence-corrected chi connectivity index (χ1v) is 12.1. The fourth-order valence-electron chi connectivity index (χ4n) is 4.88. The molecule has 2 aromatic carbocycles. The first-order valence-electron chi connectivity index (χ1n) is 10.9. The van der Waals surface area contributed by atoms with Crippen LogP contribution < -0.4 is 10.5 Å². The highest BCUT2D eigenvalue weighted by Crippen LogP contribution is 2.46. The van der Waals surface area contributed by atoms with Crippen molar-refractivity contribution in [2.24, 2.45) is 0 Å². The summed E-state index contributed by atoms with van der Waals surface area (Å²) in [6.45, 7) is 6.26. The Morgan fingerprint density at radius 1 is 1.41 bits per heavy atom. The fraction of sp³-hybridized carbons (Fsp3) is 0.280. The number of benzene rings is 2. The lowest BCUT2D eigenvalue weighted by atomic mass is 9.96. The number of rotatable bonds is 2. The van der Waals surface area contributed by atoms with Gasteiger partial charge < -0.3 is 15.4 Å². The number of nitrogen functional groups attached to an aromatic ring is 1. The van der Waals surface area contributed by atoms with E-state index >= 15 is 4.39 Å². The van der Waals surface area contributed by atoms with Gasteiger partial charge in [-0.25, -0.2) is 4.39 Å². The molecule has 3 aromatic rings. The molecule has 0 saturated carbocycles. The minimum atomic E-state index is -0.480. The van der Waals surface area contributed by atoms with Crippen LogP contribution in [-0.2, 0) is 11.3 Å². The Hall–Kier alpha value is -3.12. The molecule has 0 unspecified atom stereocenters. The zero-order valence-corrected chi connectivity index (χ0v) is 19.9. The average Bonchev–Trinajstić information content (AvgIpc) is 3.15. The molecule has 34 heavy (non-hydrogen) atoms. The number of halogens is 2. The van der Waals surface area contributed by atoms with Crippen molar-refractivity contribution >= 4 is 43.9 Å². The molecule has 1 amide bonds. The van der Waals surface area contributed by atoms with Crippen LogP contribution in [0.4, 0.5) is 9.39 Å². The summed E-state index contributed by atoms with van der Waals surface area (Å²) >= 11 is 8.09. The molecule has 1 saturated heterocycles. The van der Waals surface area contributed by atoms with Crippen LogP contribution in [0.3, 0.4) is 0 Å². The lowest BCUT2D eigenvalue weighted by Crippen LogP contribution is -2.54. The van der Waals surface area contributed by atoms with E-state index in [1.54, 1.807) is 17.0 Å². The minimum Gasteiger partial charge on any atom is -0.492 e. The van der Waals surface area contributed by atoms with Gasteiger partial charge in [-0.05, 0) is 30.2 Å². The molecule has 6 nitrogen and oxygen atoms in total. The van der Waals surface area contributed by atoms with Crippen LogP contribution in [0.1, 0.15) is 17.5 Å². The number of hydrogen-bond acceptors (Lipinski definition) is 6. The molecule has 9 heteroatoms. The summed E-state index contributed by atoms with van der Waals surface area (Å²) in [4.78, 5) is 16.1. The first-order chi connectivity index (χ1) is 16.4. The third-order valence-corrected chi connectivity index (χ3v) is 7.88. The van der Waals surface area contributed by atoms with E-state index in [4.69, 9.17) is 22.1 Å². The SMILES string of the molecule is C=CC(=O)N1CCN2Cc3cc(F)c(-c4cccc5sc(N)c(C#N)c45)c(Cl)c3OCC[C@H]2C1. The van der Waals surface area contributed by atoms with Crippen LogP contribution in [0.2, 0.25) is 5.02 Å². The number of nitrogens with two attached hydrogens (primary N) is 1. The number of thiophene rings is 1. The number of amides is 1. The zero-order valence-electron chi connectivity index (χ0n) is 18.3. The molecular weight excluding hydrogens is 475 g/mol. The summed E-state index contributed by atoms with van der Waals surface area (Å²) in [5, 5.41) is 10.8. The van der Waals surface area contributed by atoms with Crippen molar-refractivity contribution < 1.29 is 13.9 Å². The van der Waals surface area contributed by atoms with Gasteiger partial charge in [0.15, 0.2) is 0 Å². The molecule has 1 aromatic heterocycles. The molecule has 5 rings (SSSR count). The highest BCUT2D eigenvalue weighted by Gasteiger charge is 2.32. The van der Waals surface area contributed by atoms with Crippen molar-refractivity contribution in [2.75, 3.05) is 32.0 Å². The number of nitrogens with zero attached hydrogens (tertiary/aromatic N) is 3. The maximum atomic E-state index is 15.6. The molecule has 0 aliphatic carbocycles. The molecule has 0 spiro atoms. The van der Waals surface area contributed by atoms with Crippen molar-refractivity contribution in [3.8, 4) is 22.9 Å². The molecule has 1 fully saturated rings. The van der Waals surface area contributed by atoms with E-state index in [0.29, 0.717) is 72.0 Å². The standard InChI is InChI=1S/C25H22ClFN4O2S/c1-2-20(32)31-8-7-30-12-14-10-18(27)22(23(26)24(14)33-9-6-15(30)13-31)16-4-3-5-19-21(16)17(11-28)25(29)34-19/h2-5,10,15H,1,6-9,12-13,29H2/t15-/m0/s1. The molecule has 2 aliphatic rings. The molecule has 1 atom stereocenters. The number of piperazine rings is 1. The van der Waals surface area contributed by atoms with Crippen molar-refractivity contribution in [1.82, 2.24) is 9.80 Å². The van der Waals surface area contributed by atoms with Crippen molar-refractivity contribution in [1.29, 1.82) is 5.26 Å². The second-order valence-corrected chi connectivity index (χ2v) is 9.88. The van der Waals surface area contributed by atoms with Gasteiger partial charge >= 0.3 is 0 Å². The van der Waals surface area contributed by atoms with Gasteiger partial charge in [0.25, 0.3) is 0 Å². The second-order valence-electron chi connectivity index (χ2n) is 8.42. The van der Waals surface area contributed by atoms with Crippen LogP contribution in [0, 0.1) is 17.1 Å². The first kappa shape index (κ1) is 22.7. The van der Waals surface area contributed by atoms with Gasteiger partial charge in [0.1, 0.15) is 22.6 Å². The van der Waals surface area contributed by atoms with Crippen LogP contribution in [0.15, 0.2) is 36.9 Å². The number of carbonyl (C=O) groups is 1. The van der Waals surface area contributed by atoms with Crippen molar-refractivity contribution in [3.05, 3.63) is 58.9 Å². The van der Waals surface area contributed by atoms with E-state index in [1.165, 1.54) is 23.5 Å². The van der Waals surface area contributed by atoms with Gasteiger partial charge in [-0.1, -0.05) is 30.3 Å². The fourth-order valence-corrected chi connectivity index (χ4v) is 6.19. The van der Waals surface area contributed by atoms with Gasteiger partial charge in [-0.2, -0.15) is 5.26 Å². The quantitative estimate of drug-likeness (QED) is 0.515. The van der Waals surface area contributed by atoms with Crippen LogP contribution >= 0.6 is 22.9 Å². The maximum absolute atomic E-state index is 15.6. The second kappa shape index (κ2) is 8.91. The Labute approximate surface area is 205 Å².